The van der Waals surface area contributed by atoms with Gasteiger partial charge in [-0.25, -0.2) is 4.98 Å². The van der Waals surface area contributed by atoms with Gasteiger partial charge in [0.1, 0.15) is 17.6 Å². The number of benzene rings is 1. The third kappa shape index (κ3) is 2.87. The van der Waals surface area contributed by atoms with E-state index in [4.69, 9.17) is 15.0 Å². The van der Waals surface area contributed by atoms with E-state index in [0.29, 0.717) is 35.2 Å². The molecule has 1 aromatic carbocycles. The van der Waals surface area contributed by atoms with Crippen molar-refractivity contribution in [1.82, 2.24) is 20.1 Å². The standard InChI is InChI=1S/C15H18N6O2/c1-4-11-19-14(23-21-11)8(2)17-13-12-9(18-15(16)20-13)6-5-7-10(12)22-3/h5-8H,4H2,1-3H3,(H3,16,17,18,20). The summed E-state index contributed by atoms with van der Waals surface area (Å²) < 4.78 is 10.7. The van der Waals surface area contributed by atoms with Gasteiger partial charge in [0, 0.05) is 6.42 Å². The molecule has 2 heterocycles. The van der Waals surface area contributed by atoms with Gasteiger partial charge < -0.3 is 20.3 Å². The van der Waals surface area contributed by atoms with Gasteiger partial charge in [0.05, 0.1) is 18.0 Å². The van der Waals surface area contributed by atoms with Crippen LogP contribution in [0.4, 0.5) is 11.8 Å². The van der Waals surface area contributed by atoms with Gasteiger partial charge in [0.15, 0.2) is 5.82 Å². The Balaban J connectivity index is 2.01. The van der Waals surface area contributed by atoms with Gasteiger partial charge in [0.2, 0.25) is 11.8 Å². The lowest BCUT2D eigenvalue weighted by Gasteiger charge is -2.14. The number of anilines is 2. The molecule has 120 valence electrons. The lowest BCUT2D eigenvalue weighted by molar-refractivity contribution is 0.363. The number of rotatable bonds is 5. The fourth-order valence-electron chi connectivity index (χ4n) is 2.30. The molecule has 3 N–H and O–H groups in total. The SMILES string of the molecule is CCc1noc(C(C)Nc2nc(N)nc3cccc(OC)c23)n1. The van der Waals surface area contributed by atoms with E-state index in [-0.39, 0.29) is 12.0 Å². The minimum absolute atomic E-state index is 0.181. The lowest BCUT2D eigenvalue weighted by Crippen LogP contribution is -2.11. The molecule has 0 saturated heterocycles. The Kier molecular flexibility index (Phi) is 3.96. The number of methoxy groups -OCH3 is 1. The fraction of sp³-hybridized carbons (Fsp3) is 0.333. The zero-order valence-corrected chi connectivity index (χ0v) is 13.2. The van der Waals surface area contributed by atoms with Crippen LogP contribution in [0.2, 0.25) is 0 Å². The Hall–Kier alpha value is -2.90. The Morgan fingerprint density at radius 1 is 1.30 bits per heavy atom. The Morgan fingerprint density at radius 3 is 2.83 bits per heavy atom. The molecule has 3 rings (SSSR count). The summed E-state index contributed by atoms with van der Waals surface area (Å²) in [5.74, 6) is 2.56. The van der Waals surface area contributed by atoms with Gasteiger partial charge in [-0.05, 0) is 19.1 Å². The Labute approximate surface area is 133 Å². The van der Waals surface area contributed by atoms with Crippen molar-refractivity contribution in [2.75, 3.05) is 18.2 Å². The summed E-state index contributed by atoms with van der Waals surface area (Å²) in [6, 6.07) is 5.32. The third-order valence-corrected chi connectivity index (χ3v) is 3.45. The topological polar surface area (TPSA) is 112 Å². The summed E-state index contributed by atoms with van der Waals surface area (Å²) in [5.41, 5.74) is 6.50. The van der Waals surface area contributed by atoms with E-state index in [0.717, 1.165) is 5.39 Å². The molecule has 8 nitrogen and oxygen atoms in total. The molecule has 0 aliphatic carbocycles. The molecule has 1 unspecified atom stereocenters. The molecule has 2 aromatic heterocycles. The van der Waals surface area contributed by atoms with E-state index in [1.165, 1.54) is 0 Å². The lowest BCUT2D eigenvalue weighted by atomic mass is 10.2. The van der Waals surface area contributed by atoms with Crippen molar-refractivity contribution >= 4 is 22.7 Å². The number of nitrogen functional groups attached to an aromatic ring is 1. The molecular weight excluding hydrogens is 296 g/mol. The van der Waals surface area contributed by atoms with Gasteiger partial charge >= 0.3 is 0 Å². The predicted octanol–water partition coefficient (Wildman–Crippen LogP) is 2.34. The normalized spacial score (nSPS) is 12.3. The second-order valence-electron chi connectivity index (χ2n) is 5.05. The van der Waals surface area contributed by atoms with Crippen molar-refractivity contribution in [3.63, 3.8) is 0 Å². The zero-order chi connectivity index (χ0) is 16.4. The molecule has 3 aromatic rings. The summed E-state index contributed by atoms with van der Waals surface area (Å²) in [5, 5.41) is 7.91. The molecular formula is C15H18N6O2. The number of nitrogens with two attached hydrogens (primary N) is 1. The maximum absolute atomic E-state index is 5.80. The quantitative estimate of drug-likeness (QED) is 0.738. The van der Waals surface area contributed by atoms with Gasteiger partial charge in [-0.3, -0.25) is 0 Å². The average molecular weight is 314 g/mol. The highest BCUT2D eigenvalue weighted by atomic mass is 16.5. The third-order valence-electron chi connectivity index (χ3n) is 3.45. The van der Waals surface area contributed by atoms with Gasteiger partial charge in [-0.2, -0.15) is 9.97 Å². The largest absolute Gasteiger partial charge is 0.496 e. The van der Waals surface area contributed by atoms with E-state index in [1.807, 2.05) is 32.0 Å². The Morgan fingerprint density at radius 2 is 2.13 bits per heavy atom. The highest BCUT2D eigenvalue weighted by molar-refractivity contribution is 5.95. The first-order chi connectivity index (χ1) is 11.1. The van der Waals surface area contributed by atoms with Crippen LogP contribution in [-0.2, 0) is 6.42 Å². The molecule has 0 aliphatic rings. The van der Waals surface area contributed by atoms with Gasteiger partial charge in [0.25, 0.3) is 0 Å². The predicted molar refractivity (Wildman–Crippen MR) is 86.2 cm³/mol. The van der Waals surface area contributed by atoms with E-state index < -0.39 is 0 Å². The van der Waals surface area contributed by atoms with E-state index >= 15 is 0 Å². The number of hydrogen-bond donors (Lipinski definition) is 2. The Bertz CT molecular complexity index is 832. The molecule has 8 heteroatoms. The number of ether oxygens (including phenoxy) is 1. The monoisotopic (exact) mass is 314 g/mol. The minimum atomic E-state index is -0.231. The van der Waals surface area contributed by atoms with Gasteiger partial charge in [-0.1, -0.05) is 18.1 Å². The molecule has 0 radical (unpaired) electrons. The summed E-state index contributed by atoms with van der Waals surface area (Å²) in [6.07, 6.45) is 0.716. The highest BCUT2D eigenvalue weighted by Gasteiger charge is 2.18. The molecule has 0 amide bonds. The number of aromatic nitrogens is 4. The van der Waals surface area contributed by atoms with Crippen LogP contribution in [0.3, 0.4) is 0 Å². The van der Waals surface area contributed by atoms with Crippen LogP contribution in [-0.4, -0.2) is 27.2 Å². The number of fused-ring (bicyclic) bond motifs is 1. The van der Waals surface area contributed by atoms with Crippen LogP contribution in [0.15, 0.2) is 22.7 Å². The number of nitrogens with one attached hydrogen (secondary N) is 1. The van der Waals surface area contributed by atoms with Crippen molar-refractivity contribution in [3.05, 3.63) is 29.9 Å². The summed E-state index contributed by atoms with van der Waals surface area (Å²) >= 11 is 0. The van der Waals surface area contributed by atoms with Crippen LogP contribution >= 0.6 is 0 Å². The molecule has 0 saturated carbocycles. The zero-order valence-electron chi connectivity index (χ0n) is 13.2. The van der Waals surface area contributed by atoms with Crippen molar-refractivity contribution in [1.29, 1.82) is 0 Å². The summed E-state index contributed by atoms with van der Waals surface area (Å²) in [4.78, 5) is 12.8. The van der Waals surface area contributed by atoms with Crippen molar-refractivity contribution in [2.24, 2.45) is 0 Å². The molecule has 0 aliphatic heterocycles. The first-order valence-corrected chi connectivity index (χ1v) is 7.31. The van der Waals surface area contributed by atoms with Crippen molar-refractivity contribution in [2.45, 2.75) is 26.3 Å². The van der Waals surface area contributed by atoms with Crippen molar-refractivity contribution < 1.29 is 9.26 Å². The highest BCUT2D eigenvalue weighted by Crippen LogP contribution is 2.32. The van der Waals surface area contributed by atoms with Gasteiger partial charge in [-0.15, -0.1) is 0 Å². The van der Waals surface area contributed by atoms with E-state index in [2.05, 4.69) is 25.4 Å². The first kappa shape index (κ1) is 15.0. The smallest absolute Gasteiger partial charge is 0.248 e. The number of hydrogen-bond acceptors (Lipinski definition) is 8. The molecule has 1 atom stereocenters. The van der Waals surface area contributed by atoms with Crippen LogP contribution in [0.5, 0.6) is 5.75 Å². The number of nitrogens with zero attached hydrogens (tertiary/aromatic N) is 4. The fourth-order valence-corrected chi connectivity index (χ4v) is 2.30. The second-order valence-corrected chi connectivity index (χ2v) is 5.05. The van der Waals surface area contributed by atoms with E-state index in [1.54, 1.807) is 7.11 Å². The summed E-state index contributed by atoms with van der Waals surface area (Å²) in [7, 11) is 1.60. The maximum Gasteiger partial charge on any atom is 0.248 e. The van der Waals surface area contributed by atoms with Crippen LogP contribution in [0.1, 0.15) is 31.6 Å². The van der Waals surface area contributed by atoms with Crippen molar-refractivity contribution in [3.8, 4) is 5.75 Å². The molecule has 0 bridgehead atoms. The average Bonchev–Trinajstić information content (AvgIpc) is 3.03. The summed E-state index contributed by atoms with van der Waals surface area (Å²) in [6.45, 7) is 3.88. The second kappa shape index (κ2) is 6.07. The van der Waals surface area contributed by atoms with Crippen LogP contribution in [0, 0.1) is 0 Å². The van der Waals surface area contributed by atoms with E-state index in [9.17, 15) is 0 Å². The molecule has 23 heavy (non-hydrogen) atoms. The minimum Gasteiger partial charge on any atom is -0.496 e. The molecule has 0 fully saturated rings. The number of aryl methyl sites for hydroxylation is 1. The maximum atomic E-state index is 5.80. The van der Waals surface area contributed by atoms with Crippen LogP contribution in [0.25, 0.3) is 10.9 Å². The first-order valence-electron chi connectivity index (χ1n) is 7.31. The van der Waals surface area contributed by atoms with Crippen LogP contribution < -0.4 is 15.8 Å². The molecule has 0 spiro atoms.